The summed E-state index contributed by atoms with van der Waals surface area (Å²) in [6.07, 6.45) is 2.52. The predicted molar refractivity (Wildman–Crippen MR) is 71.0 cm³/mol. The fourth-order valence-electron chi connectivity index (χ4n) is 2.03. The van der Waals surface area contributed by atoms with E-state index >= 15 is 0 Å². The van der Waals surface area contributed by atoms with Crippen LogP contribution in [0.25, 0.3) is 10.9 Å². The molecule has 0 spiro atoms. The summed E-state index contributed by atoms with van der Waals surface area (Å²) in [5, 5.41) is 1.16. The van der Waals surface area contributed by atoms with Crippen LogP contribution in [-0.2, 0) is 22.5 Å². The zero-order chi connectivity index (χ0) is 12.6. The topological polar surface area (TPSA) is 39.1 Å². The highest BCUT2D eigenvalue weighted by Gasteiger charge is 2.08. The average Bonchev–Trinajstić information content (AvgIpc) is 2.51. The molecule has 0 aliphatic rings. The van der Waals surface area contributed by atoms with Gasteiger partial charge in [0.05, 0.1) is 5.75 Å². The Bertz CT molecular complexity index is 658. The first-order valence-electron chi connectivity index (χ1n) is 5.34. The number of nitrogens with zero attached hydrogens (tertiary/aromatic N) is 1. The summed E-state index contributed by atoms with van der Waals surface area (Å²) in [6, 6.07) is 6.00. The molecule has 1 aromatic carbocycles. The monoisotopic (exact) mass is 271 g/mol. The molecule has 0 radical (unpaired) electrons. The maximum Gasteiger partial charge on any atom is 0.232 e. The van der Waals surface area contributed by atoms with E-state index in [0.29, 0.717) is 6.42 Å². The molecule has 3 nitrogen and oxygen atoms in total. The smallest absolute Gasteiger partial charge is 0.232 e. The van der Waals surface area contributed by atoms with Crippen LogP contribution in [0, 0.1) is 6.92 Å². The molecular weight excluding hydrogens is 258 g/mol. The van der Waals surface area contributed by atoms with E-state index in [-0.39, 0.29) is 5.75 Å². The normalized spacial score (nSPS) is 12.2. The fraction of sp³-hybridized carbons (Fsp3) is 0.333. The number of aryl methyl sites for hydroxylation is 3. The summed E-state index contributed by atoms with van der Waals surface area (Å²) in [6.45, 7) is 2.05. The Morgan fingerprint density at radius 2 is 2.06 bits per heavy atom. The van der Waals surface area contributed by atoms with Crippen molar-refractivity contribution in [2.45, 2.75) is 13.3 Å². The number of hydrogen-bond donors (Lipinski definition) is 0. The zero-order valence-electron chi connectivity index (χ0n) is 9.77. The van der Waals surface area contributed by atoms with E-state index < -0.39 is 9.05 Å². The van der Waals surface area contributed by atoms with Gasteiger partial charge in [0.15, 0.2) is 0 Å². The highest BCUT2D eigenvalue weighted by molar-refractivity contribution is 8.13. The van der Waals surface area contributed by atoms with Crippen LogP contribution < -0.4 is 0 Å². The maximum atomic E-state index is 10.9. The minimum absolute atomic E-state index is 0.0219. The van der Waals surface area contributed by atoms with Gasteiger partial charge >= 0.3 is 0 Å². The van der Waals surface area contributed by atoms with Crippen molar-refractivity contribution in [1.29, 1.82) is 0 Å². The molecule has 17 heavy (non-hydrogen) atoms. The van der Waals surface area contributed by atoms with Gasteiger partial charge in [-0.2, -0.15) is 0 Å². The molecule has 92 valence electrons. The van der Waals surface area contributed by atoms with Gasteiger partial charge in [-0.25, -0.2) is 8.42 Å². The molecule has 0 fully saturated rings. The molecule has 0 bridgehead atoms. The summed E-state index contributed by atoms with van der Waals surface area (Å²) in [4.78, 5) is 0. The Hall–Kier alpha value is -1.00. The minimum atomic E-state index is -3.41. The van der Waals surface area contributed by atoms with Crippen molar-refractivity contribution in [1.82, 2.24) is 4.57 Å². The van der Waals surface area contributed by atoms with Crippen LogP contribution in [0.15, 0.2) is 24.4 Å². The first-order chi connectivity index (χ1) is 7.87. The molecule has 1 aromatic heterocycles. The molecular formula is C12H14ClNO2S. The lowest BCUT2D eigenvalue weighted by Crippen LogP contribution is -2.00. The Labute approximate surface area is 105 Å². The lowest BCUT2D eigenvalue weighted by atomic mass is 10.1. The van der Waals surface area contributed by atoms with Gasteiger partial charge in [0.1, 0.15) is 0 Å². The van der Waals surface area contributed by atoms with Gasteiger partial charge in [0, 0.05) is 34.8 Å². The van der Waals surface area contributed by atoms with Gasteiger partial charge in [-0.05, 0) is 36.6 Å². The van der Waals surface area contributed by atoms with E-state index in [1.165, 1.54) is 5.56 Å². The average molecular weight is 272 g/mol. The van der Waals surface area contributed by atoms with Crippen LogP contribution in [0.1, 0.15) is 11.1 Å². The summed E-state index contributed by atoms with van der Waals surface area (Å²) < 4.78 is 23.9. The Morgan fingerprint density at radius 3 is 2.71 bits per heavy atom. The number of rotatable bonds is 3. The van der Waals surface area contributed by atoms with Crippen LogP contribution in [0.2, 0.25) is 0 Å². The van der Waals surface area contributed by atoms with E-state index in [0.717, 1.165) is 16.5 Å². The molecule has 0 saturated carbocycles. The first-order valence-corrected chi connectivity index (χ1v) is 7.81. The molecule has 2 rings (SSSR count). The van der Waals surface area contributed by atoms with Crippen LogP contribution in [0.5, 0.6) is 0 Å². The number of fused-ring (bicyclic) bond motifs is 1. The first kappa shape index (κ1) is 12.5. The zero-order valence-corrected chi connectivity index (χ0v) is 11.3. The quantitative estimate of drug-likeness (QED) is 0.805. The van der Waals surface area contributed by atoms with Crippen LogP contribution in [0.3, 0.4) is 0 Å². The van der Waals surface area contributed by atoms with Crippen LogP contribution in [0.4, 0.5) is 0 Å². The third-order valence-corrected chi connectivity index (χ3v) is 4.04. The predicted octanol–water partition coefficient (Wildman–Crippen LogP) is 2.60. The second-order valence-electron chi connectivity index (χ2n) is 4.27. The number of hydrogen-bond acceptors (Lipinski definition) is 2. The molecule has 5 heteroatoms. The SMILES string of the molecule is Cc1cn(C)c2ccc(CCS(=O)(=O)Cl)cc12. The molecule has 0 N–H and O–H groups in total. The summed E-state index contributed by atoms with van der Waals surface area (Å²) in [5.41, 5.74) is 3.34. The summed E-state index contributed by atoms with van der Waals surface area (Å²) >= 11 is 0. The molecule has 2 aromatic rings. The van der Waals surface area contributed by atoms with Crippen molar-refractivity contribution in [2.75, 3.05) is 5.75 Å². The van der Waals surface area contributed by atoms with Gasteiger partial charge in [0.2, 0.25) is 9.05 Å². The van der Waals surface area contributed by atoms with Crippen molar-refractivity contribution >= 4 is 30.6 Å². The van der Waals surface area contributed by atoms with Crippen molar-refractivity contribution in [2.24, 2.45) is 7.05 Å². The Morgan fingerprint density at radius 1 is 1.35 bits per heavy atom. The van der Waals surface area contributed by atoms with Crippen molar-refractivity contribution in [3.63, 3.8) is 0 Å². The largest absolute Gasteiger partial charge is 0.350 e. The maximum absolute atomic E-state index is 10.9. The molecule has 0 saturated heterocycles. The Balaban J connectivity index is 2.35. The van der Waals surface area contributed by atoms with E-state index in [2.05, 4.69) is 10.8 Å². The van der Waals surface area contributed by atoms with E-state index in [1.807, 2.05) is 32.2 Å². The van der Waals surface area contributed by atoms with Crippen molar-refractivity contribution < 1.29 is 8.42 Å². The molecule has 0 amide bonds. The van der Waals surface area contributed by atoms with Gasteiger partial charge in [-0.15, -0.1) is 0 Å². The van der Waals surface area contributed by atoms with Gasteiger partial charge in [0.25, 0.3) is 0 Å². The lowest BCUT2D eigenvalue weighted by Gasteiger charge is -2.01. The molecule has 1 heterocycles. The minimum Gasteiger partial charge on any atom is -0.350 e. The van der Waals surface area contributed by atoms with Crippen molar-refractivity contribution in [3.8, 4) is 0 Å². The summed E-state index contributed by atoms with van der Waals surface area (Å²) in [7, 11) is 3.79. The van der Waals surface area contributed by atoms with Crippen molar-refractivity contribution in [3.05, 3.63) is 35.5 Å². The molecule has 0 unspecified atom stereocenters. The highest BCUT2D eigenvalue weighted by atomic mass is 35.7. The second-order valence-corrected chi connectivity index (χ2v) is 7.16. The number of benzene rings is 1. The number of aromatic nitrogens is 1. The molecule has 0 atom stereocenters. The number of halogens is 1. The summed E-state index contributed by atoms with van der Waals surface area (Å²) in [5.74, 6) is -0.0219. The third kappa shape index (κ3) is 2.82. The Kier molecular flexibility index (Phi) is 3.19. The fourth-order valence-corrected chi connectivity index (χ4v) is 2.74. The van der Waals surface area contributed by atoms with Crippen LogP contribution >= 0.6 is 10.7 Å². The molecule has 0 aliphatic heterocycles. The highest BCUT2D eigenvalue weighted by Crippen LogP contribution is 2.21. The second kappa shape index (κ2) is 4.35. The standard InChI is InChI=1S/C12H14ClNO2S/c1-9-8-14(2)12-4-3-10(7-11(9)12)5-6-17(13,15)16/h3-4,7-8H,5-6H2,1-2H3. The molecule has 0 aliphatic carbocycles. The van der Waals surface area contributed by atoms with Crippen LogP contribution in [-0.4, -0.2) is 18.7 Å². The third-order valence-electron chi connectivity index (χ3n) is 2.89. The van der Waals surface area contributed by atoms with Gasteiger partial charge < -0.3 is 4.57 Å². The van der Waals surface area contributed by atoms with Gasteiger partial charge in [-0.1, -0.05) is 6.07 Å². The van der Waals surface area contributed by atoms with E-state index in [9.17, 15) is 8.42 Å². The van der Waals surface area contributed by atoms with Gasteiger partial charge in [-0.3, -0.25) is 0 Å². The van der Waals surface area contributed by atoms with E-state index in [4.69, 9.17) is 10.7 Å². The lowest BCUT2D eigenvalue weighted by molar-refractivity contribution is 0.609. The van der Waals surface area contributed by atoms with E-state index in [1.54, 1.807) is 0 Å².